The zero-order valence-corrected chi connectivity index (χ0v) is 14.4. The predicted octanol–water partition coefficient (Wildman–Crippen LogP) is 1.08. The number of ether oxygens (including phenoxy) is 3. The van der Waals surface area contributed by atoms with Crippen LogP contribution in [0, 0.1) is 0 Å². The van der Waals surface area contributed by atoms with E-state index in [4.69, 9.17) is 14.2 Å². The van der Waals surface area contributed by atoms with Crippen molar-refractivity contribution in [1.29, 1.82) is 0 Å². The fraction of sp³-hybridized carbons (Fsp3) is 0.500. The average Bonchev–Trinajstić information content (AvgIpc) is 3.21. The van der Waals surface area contributed by atoms with Crippen LogP contribution in [0.1, 0.15) is 17.0 Å². The molecule has 0 amide bonds. The Hall–Kier alpha value is -2.09. The number of β-amino-alcohol motifs (C(OH)–C–C–N with tert-alkyl or cyclic N) is 1. The van der Waals surface area contributed by atoms with Gasteiger partial charge < -0.3 is 23.9 Å². The van der Waals surface area contributed by atoms with Gasteiger partial charge in [-0.1, -0.05) is 6.07 Å². The SMILES string of the molecule is Cn1cnc2c1CCN(C[C@H](O)COCc1ccc3c(c1)OCO3)C2. The van der Waals surface area contributed by atoms with Crippen LogP contribution in [-0.4, -0.2) is 52.2 Å². The van der Waals surface area contributed by atoms with E-state index < -0.39 is 6.10 Å². The number of nitrogens with zero attached hydrogens (tertiary/aromatic N) is 3. The minimum Gasteiger partial charge on any atom is -0.454 e. The van der Waals surface area contributed by atoms with Crippen LogP contribution in [0.4, 0.5) is 0 Å². The fourth-order valence-electron chi connectivity index (χ4n) is 3.36. The van der Waals surface area contributed by atoms with Gasteiger partial charge in [0.2, 0.25) is 6.79 Å². The number of fused-ring (bicyclic) bond motifs is 2. The summed E-state index contributed by atoms with van der Waals surface area (Å²) in [6.45, 7) is 3.34. The van der Waals surface area contributed by atoms with Crippen molar-refractivity contribution in [3.63, 3.8) is 0 Å². The summed E-state index contributed by atoms with van der Waals surface area (Å²) in [5, 5.41) is 10.3. The van der Waals surface area contributed by atoms with Crippen LogP contribution in [0.2, 0.25) is 0 Å². The molecular formula is C18H23N3O4. The summed E-state index contributed by atoms with van der Waals surface area (Å²) < 4.78 is 18.4. The summed E-state index contributed by atoms with van der Waals surface area (Å²) in [7, 11) is 2.03. The maximum Gasteiger partial charge on any atom is 0.231 e. The highest BCUT2D eigenvalue weighted by atomic mass is 16.7. The largest absolute Gasteiger partial charge is 0.454 e. The lowest BCUT2D eigenvalue weighted by Gasteiger charge is -2.28. The van der Waals surface area contributed by atoms with Crippen molar-refractivity contribution in [3.05, 3.63) is 41.5 Å². The number of rotatable bonds is 6. The predicted molar refractivity (Wildman–Crippen MR) is 90.4 cm³/mol. The molecule has 25 heavy (non-hydrogen) atoms. The Kier molecular flexibility index (Phi) is 4.61. The molecule has 134 valence electrons. The first-order chi connectivity index (χ1) is 12.2. The maximum absolute atomic E-state index is 10.3. The van der Waals surface area contributed by atoms with Gasteiger partial charge in [0.25, 0.3) is 0 Å². The number of aromatic nitrogens is 2. The zero-order chi connectivity index (χ0) is 17.2. The lowest BCUT2D eigenvalue weighted by atomic mass is 10.1. The van der Waals surface area contributed by atoms with Gasteiger partial charge in [0.05, 0.1) is 31.3 Å². The Balaban J connectivity index is 1.22. The third-order valence-corrected chi connectivity index (χ3v) is 4.67. The highest BCUT2D eigenvalue weighted by molar-refractivity contribution is 5.44. The Morgan fingerprint density at radius 3 is 3.12 bits per heavy atom. The molecule has 0 unspecified atom stereocenters. The standard InChI is InChI=1S/C18H23N3O4/c1-20-11-19-15-8-21(5-4-16(15)20)7-14(22)10-23-9-13-2-3-17-18(6-13)25-12-24-17/h2-3,6,11,14,22H,4-5,7-10,12H2,1H3/t14-/m0/s1. The van der Waals surface area contributed by atoms with E-state index >= 15 is 0 Å². The molecule has 4 rings (SSSR count). The number of benzene rings is 1. The van der Waals surface area contributed by atoms with Gasteiger partial charge in [-0.3, -0.25) is 4.90 Å². The average molecular weight is 345 g/mol. The van der Waals surface area contributed by atoms with Crippen molar-refractivity contribution in [1.82, 2.24) is 14.5 Å². The van der Waals surface area contributed by atoms with Crippen LogP contribution in [0.3, 0.4) is 0 Å². The molecule has 0 saturated heterocycles. The van der Waals surface area contributed by atoms with Crippen molar-refractivity contribution in [2.45, 2.75) is 25.7 Å². The molecule has 7 nitrogen and oxygen atoms in total. The van der Waals surface area contributed by atoms with E-state index in [0.717, 1.165) is 42.3 Å². The lowest BCUT2D eigenvalue weighted by molar-refractivity contribution is 0.00741. The van der Waals surface area contributed by atoms with Gasteiger partial charge in [-0.25, -0.2) is 4.98 Å². The van der Waals surface area contributed by atoms with Gasteiger partial charge >= 0.3 is 0 Å². The third kappa shape index (κ3) is 3.63. The molecule has 1 atom stereocenters. The first-order valence-corrected chi connectivity index (χ1v) is 8.55. The molecule has 2 aliphatic rings. The second-order valence-electron chi connectivity index (χ2n) is 6.59. The van der Waals surface area contributed by atoms with Gasteiger partial charge in [-0.15, -0.1) is 0 Å². The fourth-order valence-corrected chi connectivity index (χ4v) is 3.36. The molecule has 1 N–H and O–H groups in total. The summed E-state index contributed by atoms with van der Waals surface area (Å²) in [6.07, 6.45) is 2.31. The molecule has 0 aliphatic carbocycles. The summed E-state index contributed by atoms with van der Waals surface area (Å²) in [5.74, 6) is 1.52. The number of hydrogen-bond donors (Lipinski definition) is 1. The number of aryl methyl sites for hydroxylation is 1. The Morgan fingerprint density at radius 1 is 1.32 bits per heavy atom. The van der Waals surface area contributed by atoms with Crippen molar-refractivity contribution < 1.29 is 19.3 Å². The minimum absolute atomic E-state index is 0.270. The monoisotopic (exact) mass is 345 g/mol. The van der Waals surface area contributed by atoms with Crippen molar-refractivity contribution in [2.24, 2.45) is 7.05 Å². The molecule has 0 fully saturated rings. The number of aliphatic hydroxyl groups excluding tert-OH is 1. The second kappa shape index (κ2) is 7.03. The van der Waals surface area contributed by atoms with E-state index in [1.54, 1.807) is 0 Å². The van der Waals surface area contributed by atoms with Crippen LogP contribution in [0.15, 0.2) is 24.5 Å². The number of hydrogen-bond acceptors (Lipinski definition) is 6. The number of imidazole rings is 1. The Labute approximate surface area is 146 Å². The van der Waals surface area contributed by atoms with Crippen LogP contribution in [0.25, 0.3) is 0 Å². The normalized spacial score (nSPS) is 17.5. The van der Waals surface area contributed by atoms with Crippen molar-refractivity contribution >= 4 is 0 Å². The summed E-state index contributed by atoms with van der Waals surface area (Å²) in [5.41, 5.74) is 3.42. The zero-order valence-electron chi connectivity index (χ0n) is 14.4. The van der Waals surface area contributed by atoms with E-state index in [9.17, 15) is 5.11 Å². The third-order valence-electron chi connectivity index (χ3n) is 4.67. The quantitative estimate of drug-likeness (QED) is 0.845. The first-order valence-electron chi connectivity index (χ1n) is 8.55. The highest BCUT2D eigenvalue weighted by Gasteiger charge is 2.21. The van der Waals surface area contributed by atoms with E-state index in [-0.39, 0.29) is 6.79 Å². The lowest BCUT2D eigenvalue weighted by Crippen LogP contribution is -2.38. The molecule has 3 heterocycles. The molecule has 1 aromatic heterocycles. The molecule has 7 heteroatoms. The molecule has 1 aromatic carbocycles. The Morgan fingerprint density at radius 2 is 2.20 bits per heavy atom. The van der Waals surface area contributed by atoms with Gasteiger partial charge in [0.1, 0.15) is 0 Å². The van der Waals surface area contributed by atoms with E-state index in [2.05, 4.69) is 14.5 Å². The van der Waals surface area contributed by atoms with Gasteiger partial charge in [-0.05, 0) is 17.7 Å². The van der Waals surface area contributed by atoms with E-state index in [1.165, 1.54) is 5.69 Å². The van der Waals surface area contributed by atoms with Crippen LogP contribution in [-0.2, 0) is 31.4 Å². The van der Waals surface area contributed by atoms with Gasteiger partial charge in [0, 0.05) is 38.8 Å². The molecule has 2 aliphatic heterocycles. The molecule has 0 bridgehead atoms. The topological polar surface area (TPSA) is 69.0 Å². The Bertz CT molecular complexity index is 746. The smallest absolute Gasteiger partial charge is 0.231 e. The second-order valence-corrected chi connectivity index (χ2v) is 6.59. The van der Waals surface area contributed by atoms with Crippen LogP contribution < -0.4 is 9.47 Å². The van der Waals surface area contributed by atoms with E-state index in [0.29, 0.717) is 19.8 Å². The summed E-state index contributed by atoms with van der Waals surface area (Å²) in [4.78, 5) is 6.66. The molecule has 0 saturated carbocycles. The van der Waals surface area contributed by atoms with Crippen molar-refractivity contribution in [2.75, 3.05) is 26.5 Å². The summed E-state index contributed by atoms with van der Waals surface area (Å²) in [6, 6.07) is 5.75. The summed E-state index contributed by atoms with van der Waals surface area (Å²) >= 11 is 0. The van der Waals surface area contributed by atoms with Crippen molar-refractivity contribution in [3.8, 4) is 11.5 Å². The van der Waals surface area contributed by atoms with Gasteiger partial charge in [0.15, 0.2) is 11.5 Å². The van der Waals surface area contributed by atoms with Gasteiger partial charge in [-0.2, -0.15) is 0 Å². The van der Waals surface area contributed by atoms with Crippen LogP contribution >= 0.6 is 0 Å². The maximum atomic E-state index is 10.3. The number of aliphatic hydroxyl groups is 1. The first kappa shape index (κ1) is 16.4. The molecular weight excluding hydrogens is 322 g/mol. The minimum atomic E-state index is -0.515. The highest BCUT2D eigenvalue weighted by Crippen LogP contribution is 2.32. The van der Waals surface area contributed by atoms with Crippen LogP contribution in [0.5, 0.6) is 11.5 Å². The van der Waals surface area contributed by atoms with E-state index in [1.807, 2.05) is 31.6 Å². The molecule has 2 aromatic rings. The molecule has 0 radical (unpaired) electrons. The molecule has 0 spiro atoms.